The molecule has 1 aliphatic rings. The Labute approximate surface area is 193 Å². The van der Waals surface area contributed by atoms with E-state index in [-0.39, 0.29) is 11.8 Å². The molecule has 4 rings (SSSR count). The first-order valence-electron chi connectivity index (χ1n) is 10.9. The summed E-state index contributed by atoms with van der Waals surface area (Å²) < 4.78 is 5.12. The van der Waals surface area contributed by atoms with Gasteiger partial charge in [-0.3, -0.25) is 14.5 Å². The van der Waals surface area contributed by atoms with Crippen LogP contribution in [0.1, 0.15) is 22.3 Å². The second kappa shape index (κ2) is 10.6. The van der Waals surface area contributed by atoms with E-state index in [2.05, 4.69) is 33.7 Å². The minimum absolute atomic E-state index is 0.0676. The number of carbonyl (C=O) groups is 2. The molecule has 1 aliphatic heterocycles. The van der Waals surface area contributed by atoms with E-state index in [1.54, 1.807) is 55.6 Å². The maximum absolute atomic E-state index is 12.5. The summed E-state index contributed by atoms with van der Waals surface area (Å²) in [6, 6.07) is 24.4. The van der Waals surface area contributed by atoms with Crippen LogP contribution < -0.4 is 15.4 Å². The van der Waals surface area contributed by atoms with Crippen LogP contribution in [-0.4, -0.2) is 43.5 Å². The Morgan fingerprint density at radius 3 is 2.18 bits per heavy atom. The van der Waals surface area contributed by atoms with Gasteiger partial charge in [0.15, 0.2) is 0 Å². The zero-order chi connectivity index (χ0) is 23.0. The van der Waals surface area contributed by atoms with Crippen molar-refractivity contribution < 1.29 is 14.3 Å². The summed E-state index contributed by atoms with van der Waals surface area (Å²) in [5, 5.41) is 5.76. The fourth-order valence-electron chi connectivity index (χ4n) is 3.76. The average molecular weight is 442 g/mol. The fraction of sp³-hybridized carbons (Fsp3) is 0.185. The summed E-state index contributed by atoms with van der Waals surface area (Å²) >= 11 is 0. The molecule has 2 N–H and O–H groups in total. The number of carbonyl (C=O) groups excluding carboxylic acids is 2. The summed E-state index contributed by atoms with van der Waals surface area (Å²) in [7, 11) is 1.60. The van der Waals surface area contributed by atoms with Crippen LogP contribution in [0.3, 0.4) is 0 Å². The lowest BCUT2D eigenvalue weighted by atomic mass is 10.00. The summed E-state index contributed by atoms with van der Waals surface area (Å²) in [5.41, 5.74) is 4.44. The Hall–Kier alpha value is -3.90. The van der Waals surface area contributed by atoms with E-state index in [1.807, 2.05) is 18.2 Å². The number of nitrogens with zero attached hydrogens (tertiary/aromatic N) is 1. The van der Waals surface area contributed by atoms with Crippen molar-refractivity contribution in [3.05, 3.63) is 96.1 Å². The maximum Gasteiger partial charge on any atom is 0.255 e. The van der Waals surface area contributed by atoms with Gasteiger partial charge in [-0.25, -0.2) is 0 Å². The van der Waals surface area contributed by atoms with Gasteiger partial charge in [0, 0.05) is 30.0 Å². The van der Waals surface area contributed by atoms with Gasteiger partial charge >= 0.3 is 0 Å². The predicted molar refractivity (Wildman–Crippen MR) is 131 cm³/mol. The fourth-order valence-corrected chi connectivity index (χ4v) is 3.76. The lowest BCUT2D eigenvalue weighted by molar-refractivity contribution is -0.117. The zero-order valence-corrected chi connectivity index (χ0v) is 18.6. The number of rotatable bonds is 7. The van der Waals surface area contributed by atoms with Crippen LogP contribution in [0.2, 0.25) is 0 Å². The third-order valence-corrected chi connectivity index (χ3v) is 5.58. The highest BCUT2D eigenvalue weighted by molar-refractivity contribution is 6.04. The molecule has 0 unspecified atom stereocenters. The average Bonchev–Trinajstić information content (AvgIpc) is 2.86. The molecule has 0 saturated heterocycles. The normalized spacial score (nSPS) is 13.7. The molecule has 2 amide bonds. The van der Waals surface area contributed by atoms with Crippen molar-refractivity contribution in [2.75, 3.05) is 37.4 Å². The Morgan fingerprint density at radius 2 is 1.55 bits per heavy atom. The van der Waals surface area contributed by atoms with Gasteiger partial charge in [0.05, 0.1) is 13.7 Å². The number of anilines is 2. The molecule has 168 valence electrons. The second-order valence-corrected chi connectivity index (χ2v) is 7.89. The summed E-state index contributed by atoms with van der Waals surface area (Å²) in [4.78, 5) is 27.1. The van der Waals surface area contributed by atoms with Gasteiger partial charge < -0.3 is 15.4 Å². The first-order valence-corrected chi connectivity index (χ1v) is 10.9. The molecule has 0 spiro atoms. The molecule has 0 aromatic heterocycles. The molecule has 6 nitrogen and oxygen atoms in total. The largest absolute Gasteiger partial charge is 0.497 e. The Bertz CT molecular complexity index is 1120. The number of amides is 2. The van der Waals surface area contributed by atoms with Crippen LogP contribution >= 0.6 is 0 Å². The van der Waals surface area contributed by atoms with Crippen molar-refractivity contribution in [3.63, 3.8) is 0 Å². The van der Waals surface area contributed by atoms with Gasteiger partial charge in [0.1, 0.15) is 5.75 Å². The highest BCUT2D eigenvalue weighted by Crippen LogP contribution is 2.22. The van der Waals surface area contributed by atoms with Crippen molar-refractivity contribution >= 4 is 28.8 Å². The first kappa shape index (κ1) is 22.3. The standard InChI is InChI=1S/C27H27N3O3/c1-33-25-13-11-24(12-14-25)29-27(32)22-7-9-23(10-8-22)28-26(31)19-30-17-15-21(16-18-30)20-5-3-2-4-6-20/h2-15H,16-19H2,1H3,(H,28,31)(H,29,32). The van der Waals surface area contributed by atoms with Crippen LogP contribution in [0, 0.1) is 0 Å². The first-order chi connectivity index (χ1) is 16.1. The summed E-state index contributed by atoms with van der Waals surface area (Å²) in [6.07, 6.45) is 3.12. The molecular formula is C27H27N3O3. The van der Waals surface area contributed by atoms with Gasteiger partial charge in [0.25, 0.3) is 5.91 Å². The quantitative estimate of drug-likeness (QED) is 0.559. The van der Waals surface area contributed by atoms with E-state index in [1.165, 1.54) is 11.1 Å². The van der Waals surface area contributed by atoms with Gasteiger partial charge in [-0.05, 0) is 66.1 Å². The molecule has 3 aromatic rings. The van der Waals surface area contributed by atoms with E-state index in [9.17, 15) is 9.59 Å². The zero-order valence-electron chi connectivity index (χ0n) is 18.6. The van der Waals surface area contributed by atoms with E-state index in [0.29, 0.717) is 23.5 Å². The summed E-state index contributed by atoms with van der Waals surface area (Å²) in [5.74, 6) is 0.444. The van der Waals surface area contributed by atoms with Crippen LogP contribution in [0.4, 0.5) is 11.4 Å². The van der Waals surface area contributed by atoms with E-state index < -0.39 is 0 Å². The molecule has 0 atom stereocenters. The lowest BCUT2D eigenvalue weighted by Gasteiger charge is -2.25. The van der Waals surface area contributed by atoms with Gasteiger partial charge in [-0.15, -0.1) is 0 Å². The van der Waals surface area contributed by atoms with Crippen molar-refractivity contribution in [3.8, 4) is 5.75 Å². The minimum atomic E-state index is -0.215. The molecule has 3 aromatic carbocycles. The Kier molecular flexibility index (Phi) is 7.17. The molecule has 6 heteroatoms. The van der Waals surface area contributed by atoms with Crippen molar-refractivity contribution in [1.82, 2.24) is 4.90 Å². The van der Waals surface area contributed by atoms with Gasteiger partial charge in [-0.1, -0.05) is 36.4 Å². The molecule has 0 bridgehead atoms. The smallest absolute Gasteiger partial charge is 0.255 e. The number of nitrogens with one attached hydrogen (secondary N) is 2. The van der Waals surface area contributed by atoms with Crippen molar-refractivity contribution in [2.45, 2.75) is 6.42 Å². The predicted octanol–water partition coefficient (Wildman–Crippen LogP) is 4.68. The molecule has 0 aliphatic carbocycles. The van der Waals surface area contributed by atoms with Crippen LogP contribution in [0.5, 0.6) is 5.75 Å². The number of hydrogen-bond donors (Lipinski definition) is 2. The Morgan fingerprint density at radius 1 is 0.879 bits per heavy atom. The number of ether oxygens (including phenoxy) is 1. The van der Waals surface area contributed by atoms with Crippen LogP contribution in [0.25, 0.3) is 5.57 Å². The molecule has 33 heavy (non-hydrogen) atoms. The number of benzene rings is 3. The number of methoxy groups -OCH3 is 1. The monoisotopic (exact) mass is 441 g/mol. The van der Waals surface area contributed by atoms with Crippen molar-refractivity contribution in [2.24, 2.45) is 0 Å². The highest BCUT2D eigenvalue weighted by Gasteiger charge is 2.16. The van der Waals surface area contributed by atoms with Crippen molar-refractivity contribution in [1.29, 1.82) is 0 Å². The van der Waals surface area contributed by atoms with E-state index in [4.69, 9.17) is 4.74 Å². The number of hydrogen-bond acceptors (Lipinski definition) is 4. The lowest BCUT2D eigenvalue weighted by Crippen LogP contribution is -2.36. The summed E-state index contributed by atoms with van der Waals surface area (Å²) in [6.45, 7) is 1.93. The van der Waals surface area contributed by atoms with Crippen LogP contribution in [-0.2, 0) is 4.79 Å². The Balaban J connectivity index is 1.26. The molecule has 0 saturated carbocycles. The minimum Gasteiger partial charge on any atom is -0.497 e. The van der Waals surface area contributed by atoms with Gasteiger partial charge in [0.2, 0.25) is 5.91 Å². The third-order valence-electron chi connectivity index (χ3n) is 5.58. The van der Waals surface area contributed by atoms with Crippen LogP contribution in [0.15, 0.2) is 84.9 Å². The molecule has 1 heterocycles. The molecule has 0 radical (unpaired) electrons. The maximum atomic E-state index is 12.5. The highest BCUT2D eigenvalue weighted by atomic mass is 16.5. The van der Waals surface area contributed by atoms with E-state index in [0.717, 1.165) is 25.3 Å². The second-order valence-electron chi connectivity index (χ2n) is 7.89. The molecule has 0 fully saturated rings. The third kappa shape index (κ3) is 6.08. The topological polar surface area (TPSA) is 70.7 Å². The molecular weight excluding hydrogens is 414 g/mol. The van der Waals surface area contributed by atoms with E-state index >= 15 is 0 Å². The SMILES string of the molecule is COc1ccc(NC(=O)c2ccc(NC(=O)CN3CC=C(c4ccccc4)CC3)cc2)cc1. The van der Waals surface area contributed by atoms with Gasteiger partial charge in [-0.2, -0.15) is 0 Å².